The Labute approximate surface area is 154 Å². The molecule has 1 fully saturated rings. The molecule has 1 heterocycles. The lowest BCUT2D eigenvalue weighted by Gasteiger charge is -2.42. The van der Waals surface area contributed by atoms with E-state index in [-0.39, 0.29) is 11.0 Å². The van der Waals surface area contributed by atoms with Crippen molar-refractivity contribution in [3.63, 3.8) is 0 Å². The Morgan fingerprint density at radius 1 is 1.27 bits per heavy atom. The summed E-state index contributed by atoms with van der Waals surface area (Å²) in [6.07, 6.45) is 8.41. The molecule has 4 rings (SSSR count). The Hall–Kier alpha value is -2.36. The fourth-order valence-corrected chi connectivity index (χ4v) is 4.75. The first kappa shape index (κ1) is 17.1. The fraction of sp³-hybridized carbons (Fsp3) is 0.455. The molecule has 136 valence electrons. The molecule has 26 heavy (non-hydrogen) atoms. The molecule has 1 saturated carbocycles. The molecule has 0 atom stereocenters. The number of aromatic nitrogens is 2. The molecule has 2 aromatic rings. The largest absolute Gasteiger partial charge is 0.465 e. The predicted molar refractivity (Wildman–Crippen MR) is 104 cm³/mol. The van der Waals surface area contributed by atoms with E-state index >= 15 is 0 Å². The molecule has 0 radical (unpaired) electrons. The Kier molecular flexibility index (Phi) is 4.43. The standard InChI is InChI=1S/C22H26N2O2/c1-3-14-24-20(25)18-19(23-21(24)26-4-2)17-11-7-6-10-16(17)15-22(18)12-8-5-9-13-22/h3,6-7,10-11H,1,4-5,8-9,12-15H2,2H3. The minimum absolute atomic E-state index is 0.0507. The molecule has 4 heteroatoms. The van der Waals surface area contributed by atoms with Crippen molar-refractivity contribution in [3.8, 4) is 17.3 Å². The van der Waals surface area contributed by atoms with E-state index in [0.29, 0.717) is 19.2 Å². The molecule has 2 aliphatic rings. The highest BCUT2D eigenvalue weighted by atomic mass is 16.5. The van der Waals surface area contributed by atoms with E-state index in [9.17, 15) is 4.79 Å². The smallest absolute Gasteiger partial charge is 0.300 e. The van der Waals surface area contributed by atoms with Gasteiger partial charge in [-0.1, -0.05) is 49.6 Å². The van der Waals surface area contributed by atoms with Gasteiger partial charge in [-0.3, -0.25) is 9.36 Å². The van der Waals surface area contributed by atoms with Crippen molar-refractivity contribution in [3.05, 3.63) is 58.4 Å². The summed E-state index contributed by atoms with van der Waals surface area (Å²) in [5, 5.41) is 0. The Bertz CT molecular complexity index is 892. The number of ether oxygens (including phenoxy) is 1. The summed E-state index contributed by atoms with van der Waals surface area (Å²) >= 11 is 0. The molecule has 0 bridgehead atoms. The predicted octanol–water partition coefficient (Wildman–Crippen LogP) is 4.25. The first-order chi connectivity index (χ1) is 12.7. The van der Waals surface area contributed by atoms with Crippen LogP contribution >= 0.6 is 0 Å². The summed E-state index contributed by atoms with van der Waals surface area (Å²) in [6.45, 7) is 6.63. The minimum Gasteiger partial charge on any atom is -0.465 e. The van der Waals surface area contributed by atoms with Gasteiger partial charge in [-0.2, -0.15) is 4.98 Å². The van der Waals surface area contributed by atoms with Gasteiger partial charge in [0.2, 0.25) is 0 Å². The lowest BCUT2D eigenvalue weighted by atomic mass is 9.62. The van der Waals surface area contributed by atoms with Crippen LogP contribution in [0.25, 0.3) is 11.3 Å². The zero-order valence-electron chi connectivity index (χ0n) is 15.5. The van der Waals surface area contributed by atoms with E-state index in [1.54, 1.807) is 10.6 Å². The highest BCUT2D eigenvalue weighted by molar-refractivity contribution is 5.72. The maximum atomic E-state index is 13.6. The van der Waals surface area contributed by atoms with Crippen molar-refractivity contribution in [2.75, 3.05) is 6.61 Å². The molecule has 4 nitrogen and oxygen atoms in total. The number of benzene rings is 1. The average Bonchev–Trinajstić information content (AvgIpc) is 2.65. The summed E-state index contributed by atoms with van der Waals surface area (Å²) in [5.41, 5.74) is 4.10. The molecular weight excluding hydrogens is 324 g/mol. The minimum atomic E-state index is -0.0836. The quantitative estimate of drug-likeness (QED) is 0.774. The van der Waals surface area contributed by atoms with Crippen molar-refractivity contribution in [2.45, 2.75) is 57.4 Å². The van der Waals surface area contributed by atoms with Crippen LogP contribution < -0.4 is 10.3 Å². The molecule has 0 unspecified atom stereocenters. The van der Waals surface area contributed by atoms with Crippen LogP contribution in [0.3, 0.4) is 0 Å². The van der Waals surface area contributed by atoms with Crippen LogP contribution in [0.2, 0.25) is 0 Å². The van der Waals surface area contributed by atoms with E-state index in [1.165, 1.54) is 24.8 Å². The van der Waals surface area contributed by atoms with Gasteiger partial charge in [0.1, 0.15) is 0 Å². The van der Waals surface area contributed by atoms with Crippen molar-refractivity contribution in [1.82, 2.24) is 9.55 Å². The molecule has 0 amide bonds. The van der Waals surface area contributed by atoms with Crippen LogP contribution in [0.4, 0.5) is 0 Å². The Morgan fingerprint density at radius 2 is 2.04 bits per heavy atom. The van der Waals surface area contributed by atoms with E-state index in [1.807, 2.05) is 13.0 Å². The Balaban J connectivity index is 2.03. The van der Waals surface area contributed by atoms with Gasteiger partial charge in [0, 0.05) is 17.5 Å². The van der Waals surface area contributed by atoms with Crippen molar-refractivity contribution >= 4 is 0 Å². The number of nitrogens with zero attached hydrogens (tertiary/aromatic N) is 2. The van der Waals surface area contributed by atoms with Gasteiger partial charge in [0.15, 0.2) is 0 Å². The number of rotatable bonds is 4. The van der Waals surface area contributed by atoms with Gasteiger partial charge < -0.3 is 4.74 Å². The van der Waals surface area contributed by atoms with E-state index in [4.69, 9.17) is 9.72 Å². The van der Waals surface area contributed by atoms with E-state index < -0.39 is 0 Å². The summed E-state index contributed by atoms with van der Waals surface area (Å²) in [7, 11) is 0. The van der Waals surface area contributed by atoms with Gasteiger partial charge in [-0.15, -0.1) is 6.58 Å². The van der Waals surface area contributed by atoms with Crippen LogP contribution in [0, 0.1) is 0 Å². The third-order valence-corrected chi connectivity index (χ3v) is 5.86. The summed E-state index contributed by atoms with van der Waals surface area (Å²) in [6, 6.07) is 8.79. The summed E-state index contributed by atoms with van der Waals surface area (Å²) in [4.78, 5) is 18.4. The summed E-state index contributed by atoms with van der Waals surface area (Å²) in [5.74, 6) is 0. The van der Waals surface area contributed by atoms with E-state index in [0.717, 1.165) is 36.1 Å². The second kappa shape index (κ2) is 6.75. The first-order valence-electron chi connectivity index (χ1n) is 9.67. The van der Waals surface area contributed by atoms with Gasteiger partial charge >= 0.3 is 0 Å². The first-order valence-corrected chi connectivity index (χ1v) is 9.67. The monoisotopic (exact) mass is 350 g/mol. The van der Waals surface area contributed by atoms with E-state index in [2.05, 4.69) is 24.8 Å². The number of allylic oxidation sites excluding steroid dienone is 1. The molecule has 0 aliphatic heterocycles. The van der Waals surface area contributed by atoms with Crippen LogP contribution in [0.5, 0.6) is 6.01 Å². The summed E-state index contributed by atoms with van der Waals surface area (Å²) < 4.78 is 7.38. The molecular formula is C22H26N2O2. The van der Waals surface area contributed by atoms with Crippen LogP contribution in [-0.2, 0) is 18.4 Å². The molecule has 1 aromatic carbocycles. The SMILES string of the molecule is C=CCn1c(OCC)nc2c(c1=O)C1(CCCCC1)Cc1ccccc1-2. The molecule has 1 spiro atoms. The molecule has 2 aliphatic carbocycles. The molecule has 0 N–H and O–H groups in total. The highest BCUT2D eigenvalue weighted by Gasteiger charge is 2.43. The van der Waals surface area contributed by atoms with Crippen molar-refractivity contribution < 1.29 is 4.74 Å². The van der Waals surface area contributed by atoms with Crippen LogP contribution in [0.1, 0.15) is 50.2 Å². The van der Waals surface area contributed by atoms with Crippen molar-refractivity contribution in [1.29, 1.82) is 0 Å². The van der Waals surface area contributed by atoms with Gasteiger partial charge in [0.25, 0.3) is 11.6 Å². The Morgan fingerprint density at radius 3 is 2.77 bits per heavy atom. The van der Waals surface area contributed by atoms with Crippen LogP contribution in [-0.4, -0.2) is 16.2 Å². The lowest BCUT2D eigenvalue weighted by molar-refractivity contribution is 0.270. The maximum Gasteiger partial charge on any atom is 0.300 e. The third kappa shape index (κ3) is 2.59. The van der Waals surface area contributed by atoms with Crippen LogP contribution in [0.15, 0.2) is 41.7 Å². The third-order valence-electron chi connectivity index (χ3n) is 5.86. The number of fused-ring (bicyclic) bond motifs is 4. The van der Waals surface area contributed by atoms with Gasteiger partial charge in [-0.05, 0) is 31.7 Å². The number of hydrogen-bond donors (Lipinski definition) is 0. The topological polar surface area (TPSA) is 44.1 Å². The highest BCUT2D eigenvalue weighted by Crippen LogP contribution is 2.48. The molecule has 0 saturated heterocycles. The normalized spacial score (nSPS) is 17.4. The molecule has 1 aromatic heterocycles. The second-order valence-electron chi connectivity index (χ2n) is 7.43. The van der Waals surface area contributed by atoms with Gasteiger partial charge in [-0.25, -0.2) is 0 Å². The number of hydrogen-bond acceptors (Lipinski definition) is 3. The second-order valence-corrected chi connectivity index (χ2v) is 7.43. The van der Waals surface area contributed by atoms with Gasteiger partial charge in [0.05, 0.1) is 17.9 Å². The fourth-order valence-electron chi connectivity index (χ4n) is 4.75. The lowest BCUT2D eigenvalue weighted by Crippen LogP contribution is -2.43. The zero-order chi connectivity index (χ0) is 18.1. The zero-order valence-corrected chi connectivity index (χ0v) is 15.5. The van der Waals surface area contributed by atoms with Crippen molar-refractivity contribution in [2.24, 2.45) is 0 Å². The average molecular weight is 350 g/mol. The maximum absolute atomic E-state index is 13.6.